The van der Waals surface area contributed by atoms with Crippen molar-refractivity contribution in [2.24, 2.45) is 5.73 Å². The third kappa shape index (κ3) is 3.46. The second kappa shape index (κ2) is 6.88. The van der Waals surface area contributed by atoms with Crippen LogP contribution in [0.2, 0.25) is 10.0 Å². The molecule has 2 rings (SSSR count). The summed E-state index contributed by atoms with van der Waals surface area (Å²) < 4.78 is 11.5. The van der Waals surface area contributed by atoms with Gasteiger partial charge in [-0.3, -0.25) is 0 Å². The molecule has 0 fully saturated rings. The van der Waals surface area contributed by atoms with Crippen molar-refractivity contribution in [1.82, 2.24) is 0 Å². The highest BCUT2D eigenvalue weighted by atomic mass is 79.9. The van der Waals surface area contributed by atoms with Gasteiger partial charge in [0.25, 0.3) is 0 Å². The normalized spacial score (nSPS) is 12.1. The first-order valence-electron chi connectivity index (χ1n) is 6.10. The summed E-state index contributed by atoms with van der Waals surface area (Å²) in [5.74, 6) is 1.35. The van der Waals surface area contributed by atoms with Gasteiger partial charge in [0.05, 0.1) is 34.8 Å². The molecule has 2 aromatic carbocycles. The number of hydrogen-bond acceptors (Lipinski definition) is 3. The topological polar surface area (TPSA) is 44.5 Å². The Kier molecular flexibility index (Phi) is 5.38. The molecule has 0 aliphatic rings. The number of rotatable bonds is 4. The zero-order valence-electron chi connectivity index (χ0n) is 11.5. The van der Waals surface area contributed by atoms with E-state index in [4.69, 9.17) is 38.4 Å². The van der Waals surface area contributed by atoms with Crippen molar-refractivity contribution < 1.29 is 9.47 Å². The molecule has 0 amide bonds. The van der Waals surface area contributed by atoms with E-state index in [2.05, 4.69) is 15.9 Å². The molecule has 0 saturated carbocycles. The molecule has 2 aromatic rings. The first-order chi connectivity index (χ1) is 9.97. The lowest BCUT2D eigenvalue weighted by Gasteiger charge is -2.18. The fourth-order valence-electron chi connectivity index (χ4n) is 2.01. The van der Waals surface area contributed by atoms with Crippen LogP contribution < -0.4 is 15.2 Å². The summed E-state index contributed by atoms with van der Waals surface area (Å²) >= 11 is 15.4. The fourth-order valence-corrected chi connectivity index (χ4v) is 2.80. The third-order valence-corrected chi connectivity index (χ3v) is 4.50. The van der Waals surface area contributed by atoms with E-state index < -0.39 is 6.04 Å². The summed E-state index contributed by atoms with van der Waals surface area (Å²) in [5.41, 5.74) is 7.97. The second-order valence-corrected chi connectivity index (χ2v) is 6.05. The van der Waals surface area contributed by atoms with Crippen molar-refractivity contribution in [3.05, 3.63) is 56.0 Å². The molecule has 0 saturated heterocycles. The van der Waals surface area contributed by atoms with Gasteiger partial charge in [0.1, 0.15) is 11.5 Å². The summed E-state index contributed by atoms with van der Waals surface area (Å²) in [7, 11) is 3.19. The summed E-state index contributed by atoms with van der Waals surface area (Å²) in [6, 6.07) is 8.58. The smallest absolute Gasteiger partial charge is 0.133 e. The summed E-state index contributed by atoms with van der Waals surface area (Å²) in [4.78, 5) is 0. The van der Waals surface area contributed by atoms with Gasteiger partial charge in [-0.25, -0.2) is 0 Å². The molecular weight excluding hydrogens is 377 g/mol. The summed E-state index contributed by atoms with van der Waals surface area (Å²) in [6.45, 7) is 0. The molecule has 1 atom stereocenters. The predicted molar refractivity (Wildman–Crippen MR) is 89.7 cm³/mol. The Hall–Kier alpha value is -0.940. The number of nitrogens with two attached hydrogens (primary N) is 1. The highest BCUT2D eigenvalue weighted by Crippen LogP contribution is 2.38. The largest absolute Gasteiger partial charge is 0.496 e. The maximum Gasteiger partial charge on any atom is 0.133 e. The van der Waals surface area contributed by atoms with Crippen LogP contribution in [0, 0.1) is 0 Å². The molecule has 6 heteroatoms. The molecule has 3 nitrogen and oxygen atoms in total. The Morgan fingerprint density at radius 3 is 2.24 bits per heavy atom. The summed E-state index contributed by atoms with van der Waals surface area (Å²) in [6.07, 6.45) is 0. The first-order valence-corrected chi connectivity index (χ1v) is 7.64. The molecule has 0 heterocycles. The highest BCUT2D eigenvalue weighted by Gasteiger charge is 2.18. The maximum atomic E-state index is 6.33. The van der Waals surface area contributed by atoms with Crippen molar-refractivity contribution in [3.63, 3.8) is 0 Å². The van der Waals surface area contributed by atoms with Crippen LogP contribution in [0.5, 0.6) is 11.5 Å². The minimum Gasteiger partial charge on any atom is -0.496 e. The minimum atomic E-state index is -0.406. The van der Waals surface area contributed by atoms with E-state index in [0.717, 1.165) is 15.6 Å². The van der Waals surface area contributed by atoms with Gasteiger partial charge in [-0.05, 0) is 45.8 Å². The fraction of sp³-hybridized carbons (Fsp3) is 0.200. The van der Waals surface area contributed by atoms with Crippen LogP contribution in [-0.4, -0.2) is 14.2 Å². The van der Waals surface area contributed by atoms with Crippen LogP contribution in [0.1, 0.15) is 17.2 Å². The van der Waals surface area contributed by atoms with Crippen molar-refractivity contribution in [3.8, 4) is 11.5 Å². The molecular formula is C15H14BrCl2NO2. The zero-order chi connectivity index (χ0) is 15.6. The van der Waals surface area contributed by atoms with Crippen LogP contribution in [0.25, 0.3) is 0 Å². The number of benzene rings is 2. The number of halogens is 3. The van der Waals surface area contributed by atoms with Gasteiger partial charge >= 0.3 is 0 Å². The van der Waals surface area contributed by atoms with Gasteiger partial charge in [-0.1, -0.05) is 29.3 Å². The molecule has 21 heavy (non-hydrogen) atoms. The molecule has 0 spiro atoms. The Labute approximate surface area is 142 Å². The Bertz CT molecular complexity index is 664. The Morgan fingerprint density at radius 1 is 1.00 bits per heavy atom. The zero-order valence-corrected chi connectivity index (χ0v) is 14.6. The molecule has 0 bridgehead atoms. The van der Waals surface area contributed by atoms with Gasteiger partial charge < -0.3 is 15.2 Å². The van der Waals surface area contributed by atoms with Gasteiger partial charge in [0.2, 0.25) is 0 Å². The van der Waals surface area contributed by atoms with E-state index in [1.165, 1.54) is 0 Å². The molecule has 112 valence electrons. The van der Waals surface area contributed by atoms with E-state index in [9.17, 15) is 0 Å². The minimum absolute atomic E-state index is 0.406. The number of hydrogen-bond donors (Lipinski definition) is 1. The Morgan fingerprint density at radius 2 is 1.67 bits per heavy atom. The first kappa shape index (κ1) is 16.4. The molecule has 0 aliphatic carbocycles. The molecule has 0 radical (unpaired) electrons. The van der Waals surface area contributed by atoms with E-state index in [1.54, 1.807) is 26.4 Å². The molecule has 0 aliphatic heterocycles. The van der Waals surface area contributed by atoms with Gasteiger partial charge in [0.15, 0.2) is 0 Å². The monoisotopic (exact) mass is 389 g/mol. The molecule has 0 aromatic heterocycles. The van der Waals surface area contributed by atoms with Crippen molar-refractivity contribution in [1.29, 1.82) is 0 Å². The van der Waals surface area contributed by atoms with E-state index in [1.807, 2.05) is 18.2 Å². The van der Waals surface area contributed by atoms with Crippen LogP contribution >= 0.6 is 39.1 Å². The SMILES string of the molecule is COc1cc(C(N)c2ccc(Cl)c(Cl)c2)c(OC)cc1Br. The van der Waals surface area contributed by atoms with Crippen LogP contribution in [-0.2, 0) is 0 Å². The lowest BCUT2D eigenvalue weighted by Crippen LogP contribution is -2.13. The molecule has 1 unspecified atom stereocenters. The second-order valence-electron chi connectivity index (χ2n) is 4.38. The lowest BCUT2D eigenvalue weighted by molar-refractivity contribution is 0.395. The van der Waals surface area contributed by atoms with Crippen molar-refractivity contribution >= 4 is 39.1 Å². The standard InChI is InChI=1S/C15H14BrCl2NO2/c1-20-13-7-10(16)14(21-2)6-9(13)15(19)8-3-4-11(17)12(18)5-8/h3-7,15H,19H2,1-2H3. The predicted octanol–water partition coefficient (Wildman–Crippen LogP) is 4.82. The van der Waals surface area contributed by atoms with Gasteiger partial charge in [-0.2, -0.15) is 0 Å². The van der Waals surface area contributed by atoms with Crippen LogP contribution in [0.4, 0.5) is 0 Å². The van der Waals surface area contributed by atoms with Crippen molar-refractivity contribution in [2.75, 3.05) is 14.2 Å². The van der Waals surface area contributed by atoms with Gasteiger partial charge in [0, 0.05) is 5.56 Å². The number of ether oxygens (including phenoxy) is 2. The van der Waals surface area contributed by atoms with Crippen LogP contribution in [0.15, 0.2) is 34.8 Å². The number of methoxy groups -OCH3 is 2. The molecule has 2 N–H and O–H groups in total. The average molecular weight is 391 g/mol. The van der Waals surface area contributed by atoms with E-state index >= 15 is 0 Å². The quantitative estimate of drug-likeness (QED) is 0.813. The van der Waals surface area contributed by atoms with Crippen molar-refractivity contribution in [2.45, 2.75) is 6.04 Å². The van der Waals surface area contributed by atoms with E-state index in [0.29, 0.717) is 21.5 Å². The van der Waals surface area contributed by atoms with Gasteiger partial charge in [-0.15, -0.1) is 0 Å². The highest BCUT2D eigenvalue weighted by molar-refractivity contribution is 9.10. The summed E-state index contributed by atoms with van der Waals surface area (Å²) in [5, 5.41) is 0.959. The Balaban J connectivity index is 2.50. The lowest BCUT2D eigenvalue weighted by atomic mass is 9.98. The third-order valence-electron chi connectivity index (χ3n) is 3.14. The average Bonchev–Trinajstić information content (AvgIpc) is 2.49. The maximum absolute atomic E-state index is 6.33. The van der Waals surface area contributed by atoms with E-state index in [-0.39, 0.29) is 0 Å². The van der Waals surface area contributed by atoms with Crippen LogP contribution in [0.3, 0.4) is 0 Å².